The van der Waals surface area contributed by atoms with Gasteiger partial charge in [-0.3, -0.25) is 0 Å². The molecule has 21 heavy (non-hydrogen) atoms. The number of aromatic nitrogens is 1. The molecule has 0 atom stereocenters. The van der Waals surface area contributed by atoms with Crippen LogP contribution in [-0.2, 0) is 10.9 Å². The summed E-state index contributed by atoms with van der Waals surface area (Å²) in [5.41, 5.74) is -0.717. The number of alkyl halides is 3. The number of benzene rings is 1. The fourth-order valence-corrected chi connectivity index (χ4v) is 1.81. The molecule has 2 aromatic rings. The Bertz CT molecular complexity index is 650. The Kier molecular flexibility index (Phi) is 4.22. The Morgan fingerprint density at radius 1 is 1.33 bits per heavy atom. The average Bonchev–Trinajstić information content (AvgIpc) is 2.84. The number of rotatable bonds is 3. The number of carbonyl (C=O) groups excluding carboxylic acids is 1. The molecule has 1 aromatic heterocycles. The van der Waals surface area contributed by atoms with Gasteiger partial charge >= 0.3 is 12.1 Å². The van der Waals surface area contributed by atoms with E-state index in [1.807, 2.05) is 0 Å². The zero-order valence-corrected chi connectivity index (χ0v) is 11.5. The Labute approximate surface area is 122 Å². The lowest BCUT2D eigenvalue weighted by molar-refractivity contribution is -0.156. The summed E-state index contributed by atoms with van der Waals surface area (Å²) in [6.07, 6.45) is -4.85. The van der Waals surface area contributed by atoms with Gasteiger partial charge in [-0.1, -0.05) is 28.9 Å². The van der Waals surface area contributed by atoms with Crippen molar-refractivity contribution in [2.24, 2.45) is 0 Å². The van der Waals surface area contributed by atoms with Crippen LogP contribution in [0.3, 0.4) is 0 Å². The van der Waals surface area contributed by atoms with Gasteiger partial charge in [0.25, 0.3) is 5.76 Å². The largest absolute Gasteiger partial charge is 0.462 e. The van der Waals surface area contributed by atoms with Crippen LogP contribution >= 0.6 is 11.6 Å². The molecule has 0 fully saturated rings. The van der Waals surface area contributed by atoms with Crippen LogP contribution in [0.15, 0.2) is 28.8 Å². The summed E-state index contributed by atoms with van der Waals surface area (Å²) in [6, 6.07) is 5.80. The first-order valence-corrected chi connectivity index (χ1v) is 6.22. The van der Waals surface area contributed by atoms with Gasteiger partial charge in [0.1, 0.15) is 11.3 Å². The van der Waals surface area contributed by atoms with Gasteiger partial charge in [-0.2, -0.15) is 13.2 Å². The first kappa shape index (κ1) is 15.4. The van der Waals surface area contributed by atoms with Crippen molar-refractivity contribution in [3.8, 4) is 11.3 Å². The molecular formula is C13H9ClF3NO3. The van der Waals surface area contributed by atoms with Crippen LogP contribution in [0.25, 0.3) is 11.3 Å². The maximum Gasteiger partial charge on any atom is 0.453 e. The van der Waals surface area contributed by atoms with E-state index < -0.39 is 23.5 Å². The van der Waals surface area contributed by atoms with Crippen molar-refractivity contribution in [3.63, 3.8) is 0 Å². The number of carbonyl (C=O) groups is 1. The predicted molar refractivity (Wildman–Crippen MR) is 67.9 cm³/mol. The normalized spacial score (nSPS) is 11.5. The van der Waals surface area contributed by atoms with E-state index in [-0.39, 0.29) is 17.9 Å². The van der Waals surface area contributed by atoms with Crippen molar-refractivity contribution in [2.45, 2.75) is 13.1 Å². The molecule has 8 heteroatoms. The van der Waals surface area contributed by atoms with Gasteiger partial charge in [-0.05, 0) is 19.1 Å². The fourth-order valence-electron chi connectivity index (χ4n) is 1.68. The number of hydrogen-bond donors (Lipinski definition) is 0. The monoisotopic (exact) mass is 319 g/mol. The summed E-state index contributed by atoms with van der Waals surface area (Å²) in [5, 5.41) is 3.75. The van der Waals surface area contributed by atoms with Gasteiger partial charge in [-0.15, -0.1) is 0 Å². The van der Waals surface area contributed by atoms with Crippen LogP contribution in [0.5, 0.6) is 0 Å². The summed E-state index contributed by atoms with van der Waals surface area (Å²) in [5.74, 6) is -2.62. The van der Waals surface area contributed by atoms with Gasteiger partial charge in [0.15, 0.2) is 0 Å². The molecule has 0 aliphatic rings. The van der Waals surface area contributed by atoms with Crippen molar-refractivity contribution in [3.05, 3.63) is 40.6 Å². The van der Waals surface area contributed by atoms with E-state index in [2.05, 4.69) is 14.4 Å². The second-order valence-electron chi connectivity index (χ2n) is 3.96. The Hall–Kier alpha value is -2.02. The first-order valence-electron chi connectivity index (χ1n) is 5.84. The highest BCUT2D eigenvalue weighted by Crippen LogP contribution is 2.37. The van der Waals surface area contributed by atoms with Crippen molar-refractivity contribution in [2.75, 3.05) is 6.61 Å². The molecule has 112 valence electrons. The topological polar surface area (TPSA) is 52.3 Å². The minimum Gasteiger partial charge on any atom is -0.462 e. The SMILES string of the molecule is CCOC(=O)c1c(-c2ccc(Cl)cc2)noc1C(F)(F)F. The summed E-state index contributed by atoms with van der Waals surface area (Å²) in [6.45, 7) is 1.42. The molecule has 0 saturated carbocycles. The van der Waals surface area contributed by atoms with Crippen LogP contribution in [0.4, 0.5) is 13.2 Å². The summed E-state index contributed by atoms with van der Waals surface area (Å²) in [4.78, 5) is 11.8. The molecule has 0 radical (unpaired) electrons. The molecule has 4 nitrogen and oxygen atoms in total. The van der Waals surface area contributed by atoms with Gasteiger partial charge in [0.2, 0.25) is 0 Å². The number of ether oxygens (including phenoxy) is 1. The number of esters is 1. The van der Waals surface area contributed by atoms with Crippen molar-refractivity contribution in [1.82, 2.24) is 5.16 Å². The maximum absolute atomic E-state index is 12.9. The second-order valence-corrected chi connectivity index (χ2v) is 4.40. The van der Waals surface area contributed by atoms with Crippen LogP contribution in [0, 0.1) is 0 Å². The average molecular weight is 320 g/mol. The Morgan fingerprint density at radius 2 is 1.95 bits per heavy atom. The highest BCUT2D eigenvalue weighted by Gasteiger charge is 2.43. The first-order chi connectivity index (χ1) is 9.84. The number of hydrogen-bond acceptors (Lipinski definition) is 4. The van der Waals surface area contributed by atoms with E-state index in [1.54, 1.807) is 0 Å². The highest BCUT2D eigenvalue weighted by atomic mass is 35.5. The van der Waals surface area contributed by atoms with Gasteiger partial charge in [0.05, 0.1) is 6.61 Å². The lowest BCUT2D eigenvalue weighted by Gasteiger charge is -2.06. The van der Waals surface area contributed by atoms with Crippen molar-refractivity contribution in [1.29, 1.82) is 0 Å². The third-order valence-electron chi connectivity index (χ3n) is 2.55. The van der Waals surface area contributed by atoms with E-state index in [9.17, 15) is 18.0 Å². The van der Waals surface area contributed by atoms with E-state index in [0.717, 1.165) is 0 Å². The van der Waals surface area contributed by atoms with E-state index >= 15 is 0 Å². The predicted octanol–water partition coefficient (Wildman–Crippen LogP) is 4.19. The second kappa shape index (κ2) is 5.77. The molecule has 2 rings (SSSR count). The lowest BCUT2D eigenvalue weighted by Crippen LogP contribution is -2.13. The van der Waals surface area contributed by atoms with Crippen molar-refractivity contribution >= 4 is 17.6 Å². The number of halogens is 4. The molecule has 1 heterocycles. The molecule has 0 saturated heterocycles. The minimum atomic E-state index is -4.85. The highest BCUT2D eigenvalue weighted by molar-refractivity contribution is 6.30. The molecule has 0 N–H and O–H groups in total. The quantitative estimate of drug-likeness (QED) is 0.796. The lowest BCUT2D eigenvalue weighted by atomic mass is 10.1. The molecule has 1 aromatic carbocycles. The Morgan fingerprint density at radius 3 is 2.48 bits per heavy atom. The summed E-state index contributed by atoms with van der Waals surface area (Å²) < 4.78 is 47.6. The van der Waals surface area contributed by atoms with E-state index in [1.165, 1.54) is 31.2 Å². The standard InChI is InChI=1S/C13H9ClF3NO3/c1-2-20-12(19)9-10(7-3-5-8(14)6-4-7)18-21-11(9)13(15,16)17/h3-6H,2H2,1H3. The smallest absolute Gasteiger partial charge is 0.453 e. The summed E-state index contributed by atoms with van der Waals surface area (Å²) >= 11 is 5.71. The van der Waals surface area contributed by atoms with Gasteiger partial charge < -0.3 is 9.26 Å². The van der Waals surface area contributed by atoms with E-state index in [4.69, 9.17) is 11.6 Å². The molecule has 0 amide bonds. The van der Waals surface area contributed by atoms with Crippen LogP contribution in [-0.4, -0.2) is 17.7 Å². The molecule has 0 aliphatic heterocycles. The molecule has 0 spiro atoms. The number of nitrogens with zero attached hydrogens (tertiary/aromatic N) is 1. The minimum absolute atomic E-state index is 0.0681. The molecule has 0 aliphatic carbocycles. The molecular weight excluding hydrogens is 311 g/mol. The van der Waals surface area contributed by atoms with Gasteiger partial charge in [0, 0.05) is 10.6 Å². The van der Waals surface area contributed by atoms with Gasteiger partial charge in [-0.25, -0.2) is 4.79 Å². The third-order valence-corrected chi connectivity index (χ3v) is 2.80. The fraction of sp³-hybridized carbons (Fsp3) is 0.231. The maximum atomic E-state index is 12.9. The van der Waals surface area contributed by atoms with Crippen LogP contribution in [0.1, 0.15) is 23.0 Å². The third kappa shape index (κ3) is 3.18. The zero-order chi connectivity index (χ0) is 15.6. The van der Waals surface area contributed by atoms with Crippen molar-refractivity contribution < 1.29 is 27.2 Å². The zero-order valence-electron chi connectivity index (χ0n) is 10.7. The molecule has 0 bridgehead atoms. The Balaban J connectivity index is 2.58. The van der Waals surface area contributed by atoms with Crippen LogP contribution in [0.2, 0.25) is 5.02 Å². The molecule has 0 unspecified atom stereocenters. The van der Waals surface area contributed by atoms with E-state index in [0.29, 0.717) is 5.02 Å². The van der Waals surface area contributed by atoms with Crippen LogP contribution < -0.4 is 0 Å². The summed E-state index contributed by atoms with van der Waals surface area (Å²) in [7, 11) is 0.